The monoisotopic (exact) mass is 304 g/mol. The molecule has 118 valence electrons. The molecule has 1 aromatic heterocycles. The lowest BCUT2D eigenvalue weighted by molar-refractivity contribution is -0.125. The highest BCUT2D eigenvalue weighted by Gasteiger charge is 2.20. The molecule has 1 aromatic carbocycles. The van der Waals surface area contributed by atoms with Crippen LogP contribution in [0.15, 0.2) is 18.2 Å². The summed E-state index contributed by atoms with van der Waals surface area (Å²) in [6.07, 6.45) is 2.64. The Bertz CT molecular complexity index is 676. The summed E-state index contributed by atoms with van der Waals surface area (Å²) in [6, 6.07) is 4.58. The van der Waals surface area contributed by atoms with Crippen LogP contribution in [-0.4, -0.2) is 35.1 Å². The molecule has 1 aliphatic heterocycles. The lowest BCUT2D eigenvalue weighted by Gasteiger charge is -2.21. The molecule has 22 heavy (non-hydrogen) atoms. The molecule has 1 saturated heterocycles. The maximum atomic E-state index is 13.3. The number of piperidine rings is 1. The van der Waals surface area contributed by atoms with Crippen LogP contribution < -0.4 is 10.6 Å². The van der Waals surface area contributed by atoms with Crippen molar-refractivity contribution >= 4 is 16.9 Å². The Hall–Kier alpha value is -1.95. The predicted octanol–water partition coefficient (Wildman–Crippen LogP) is 1.37. The van der Waals surface area contributed by atoms with Crippen LogP contribution in [0.3, 0.4) is 0 Å². The van der Waals surface area contributed by atoms with Gasteiger partial charge in [-0.2, -0.15) is 0 Å². The molecular formula is C16H21FN4O. The van der Waals surface area contributed by atoms with Crippen LogP contribution in [0.2, 0.25) is 0 Å². The molecule has 0 radical (unpaired) electrons. The Labute approximate surface area is 128 Å². The van der Waals surface area contributed by atoms with Crippen molar-refractivity contribution in [1.29, 1.82) is 0 Å². The van der Waals surface area contributed by atoms with Gasteiger partial charge in [-0.3, -0.25) is 4.79 Å². The first-order valence-electron chi connectivity index (χ1n) is 7.74. The van der Waals surface area contributed by atoms with Crippen LogP contribution in [0.25, 0.3) is 11.0 Å². The van der Waals surface area contributed by atoms with E-state index in [4.69, 9.17) is 0 Å². The lowest BCUT2D eigenvalue weighted by atomic mass is 9.99. The third kappa shape index (κ3) is 3.11. The number of aryl methyl sites for hydroxylation is 1. The fraction of sp³-hybridized carbons (Fsp3) is 0.500. The van der Waals surface area contributed by atoms with Crippen LogP contribution in [-0.2, 0) is 18.3 Å². The number of carbonyl (C=O) groups excluding carboxylic acids is 1. The molecule has 3 rings (SSSR count). The molecule has 1 atom stereocenters. The summed E-state index contributed by atoms with van der Waals surface area (Å²) < 4.78 is 15.2. The summed E-state index contributed by atoms with van der Waals surface area (Å²) in [6.45, 7) is 2.31. The van der Waals surface area contributed by atoms with Gasteiger partial charge in [0.1, 0.15) is 11.6 Å². The summed E-state index contributed by atoms with van der Waals surface area (Å²) in [5, 5.41) is 6.22. The first kappa shape index (κ1) is 15.0. The minimum Gasteiger partial charge on any atom is -0.355 e. The van der Waals surface area contributed by atoms with Gasteiger partial charge in [-0.15, -0.1) is 0 Å². The van der Waals surface area contributed by atoms with Crippen molar-refractivity contribution in [1.82, 2.24) is 20.2 Å². The van der Waals surface area contributed by atoms with E-state index in [0.29, 0.717) is 13.0 Å². The number of hydrogen-bond donors (Lipinski definition) is 2. The Morgan fingerprint density at radius 1 is 1.55 bits per heavy atom. The summed E-state index contributed by atoms with van der Waals surface area (Å²) in [4.78, 5) is 16.6. The van der Waals surface area contributed by atoms with Gasteiger partial charge in [-0.05, 0) is 37.6 Å². The third-order valence-electron chi connectivity index (χ3n) is 4.25. The van der Waals surface area contributed by atoms with Crippen molar-refractivity contribution in [2.45, 2.75) is 19.3 Å². The Balaban J connectivity index is 1.59. The number of benzene rings is 1. The largest absolute Gasteiger partial charge is 0.355 e. The molecule has 1 unspecified atom stereocenters. The minimum absolute atomic E-state index is 0.0725. The highest BCUT2D eigenvalue weighted by Crippen LogP contribution is 2.16. The normalized spacial score (nSPS) is 18.5. The van der Waals surface area contributed by atoms with Gasteiger partial charge in [0.05, 0.1) is 17.0 Å². The van der Waals surface area contributed by atoms with Gasteiger partial charge in [0.25, 0.3) is 0 Å². The highest BCUT2D eigenvalue weighted by atomic mass is 19.1. The van der Waals surface area contributed by atoms with E-state index in [1.165, 1.54) is 12.1 Å². The molecule has 0 aliphatic carbocycles. The van der Waals surface area contributed by atoms with E-state index < -0.39 is 0 Å². The molecule has 1 amide bonds. The van der Waals surface area contributed by atoms with Crippen molar-refractivity contribution in [3.8, 4) is 0 Å². The van der Waals surface area contributed by atoms with Crippen molar-refractivity contribution in [2.75, 3.05) is 19.6 Å². The van der Waals surface area contributed by atoms with Crippen LogP contribution in [0.4, 0.5) is 4.39 Å². The maximum Gasteiger partial charge on any atom is 0.224 e. The predicted molar refractivity (Wildman–Crippen MR) is 83.0 cm³/mol. The van der Waals surface area contributed by atoms with Gasteiger partial charge >= 0.3 is 0 Å². The van der Waals surface area contributed by atoms with E-state index in [2.05, 4.69) is 15.6 Å². The SMILES string of the molecule is Cn1c(CCNC(=O)C2CCCNC2)nc2ccc(F)cc21. The van der Waals surface area contributed by atoms with E-state index >= 15 is 0 Å². The van der Waals surface area contributed by atoms with Crippen LogP contribution in [0.1, 0.15) is 18.7 Å². The lowest BCUT2D eigenvalue weighted by Crippen LogP contribution is -2.41. The second-order valence-corrected chi connectivity index (χ2v) is 5.80. The molecule has 0 bridgehead atoms. The maximum absolute atomic E-state index is 13.3. The van der Waals surface area contributed by atoms with Gasteiger partial charge in [-0.1, -0.05) is 0 Å². The van der Waals surface area contributed by atoms with Gasteiger partial charge in [0.2, 0.25) is 5.91 Å². The minimum atomic E-state index is -0.264. The Kier molecular flexibility index (Phi) is 4.38. The van der Waals surface area contributed by atoms with E-state index in [1.54, 1.807) is 6.07 Å². The molecule has 0 saturated carbocycles. The van der Waals surface area contributed by atoms with Gasteiger partial charge in [-0.25, -0.2) is 9.37 Å². The molecule has 6 heteroatoms. The first-order valence-corrected chi connectivity index (χ1v) is 7.74. The number of imidazole rings is 1. The molecular weight excluding hydrogens is 283 g/mol. The number of halogens is 1. The molecule has 1 aliphatic rings. The second kappa shape index (κ2) is 6.44. The summed E-state index contributed by atoms with van der Waals surface area (Å²) in [7, 11) is 1.87. The summed E-state index contributed by atoms with van der Waals surface area (Å²) in [5.41, 5.74) is 1.56. The molecule has 5 nitrogen and oxygen atoms in total. The Morgan fingerprint density at radius 3 is 3.18 bits per heavy atom. The van der Waals surface area contributed by atoms with Crippen LogP contribution >= 0.6 is 0 Å². The average molecular weight is 304 g/mol. The number of nitrogens with one attached hydrogen (secondary N) is 2. The second-order valence-electron chi connectivity index (χ2n) is 5.80. The number of nitrogens with zero attached hydrogens (tertiary/aromatic N) is 2. The van der Waals surface area contributed by atoms with Gasteiger partial charge in [0, 0.05) is 26.6 Å². The summed E-state index contributed by atoms with van der Waals surface area (Å²) in [5.74, 6) is 0.767. The van der Waals surface area contributed by atoms with E-state index in [-0.39, 0.29) is 17.6 Å². The zero-order chi connectivity index (χ0) is 15.5. The van der Waals surface area contributed by atoms with Crippen molar-refractivity contribution in [3.63, 3.8) is 0 Å². The van der Waals surface area contributed by atoms with Crippen LogP contribution in [0.5, 0.6) is 0 Å². The number of amides is 1. The average Bonchev–Trinajstić information content (AvgIpc) is 2.84. The van der Waals surface area contributed by atoms with Crippen molar-refractivity contribution < 1.29 is 9.18 Å². The number of carbonyl (C=O) groups is 1. The highest BCUT2D eigenvalue weighted by molar-refractivity contribution is 5.79. The van der Waals surface area contributed by atoms with Gasteiger partial charge < -0.3 is 15.2 Å². The molecule has 2 N–H and O–H groups in total. The van der Waals surface area contributed by atoms with E-state index in [9.17, 15) is 9.18 Å². The topological polar surface area (TPSA) is 59.0 Å². The molecule has 0 spiro atoms. The molecule has 1 fully saturated rings. The van der Waals surface area contributed by atoms with Crippen molar-refractivity contribution in [2.24, 2.45) is 13.0 Å². The molecule has 2 aromatic rings. The number of hydrogen-bond acceptors (Lipinski definition) is 3. The standard InChI is InChI=1S/C16H21FN4O/c1-21-14-9-12(17)4-5-13(14)20-15(21)6-8-19-16(22)11-3-2-7-18-10-11/h4-5,9,11,18H,2-3,6-8,10H2,1H3,(H,19,22). The quantitative estimate of drug-likeness (QED) is 0.897. The fourth-order valence-electron chi connectivity index (χ4n) is 2.95. The number of rotatable bonds is 4. The zero-order valence-electron chi connectivity index (χ0n) is 12.7. The summed E-state index contributed by atoms with van der Waals surface area (Å²) >= 11 is 0. The van der Waals surface area contributed by atoms with E-state index in [0.717, 1.165) is 42.8 Å². The Morgan fingerprint density at radius 2 is 2.41 bits per heavy atom. The zero-order valence-corrected chi connectivity index (χ0v) is 12.7. The fourth-order valence-corrected chi connectivity index (χ4v) is 2.95. The number of aromatic nitrogens is 2. The van der Waals surface area contributed by atoms with E-state index in [1.807, 2.05) is 11.6 Å². The smallest absolute Gasteiger partial charge is 0.224 e. The third-order valence-corrected chi connectivity index (χ3v) is 4.25. The number of fused-ring (bicyclic) bond motifs is 1. The first-order chi connectivity index (χ1) is 10.6. The van der Waals surface area contributed by atoms with Crippen LogP contribution in [0, 0.1) is 11.7 Å². The van der Waals surface area contributed by atoms with Crippen molar-refractivity contribution in [3.05, 3.63) is 29.8 Å². The molecule has 2 heterocycles. The van der Waals surface area contributed by atoms with Gasteiger partial charge in [0.15, 0.2) is 0 Å².